The van der Waals surface area contributed by atoms with Gasteiger partial charge in [0.2, 0.25) is 5.91 Å². The summed E-state index contributed by atoms with van der Waals surface area (Å²) in [6, 6.07) is 0.463. The summed E-state index contributed by atoms with van der Waals surface area (Å²) < 4.78 is 63.8. The maximum atomic E-state index is 13.1. The number of nitrogens with zero attached hydrogens (tertiary/aromatic N) is 4. The van der Waals surface area contributed by atoms with Crippen LogP contribution in [-0.2, 0) is 20.8 Å². The molecule has 2 fully saturated rings. The van der Waals surface area contributed by atoms with Crippen molar-refractivity contribution in [2.75, 3.05) is 17.3 Å². The van der Waals surface area contributed by atoms with Crippen LogP contribution in [0.2, 0.25) is 5.02 Å². The molecule has 7 nitrogen and oxygen atoms in total. The minimum absolute atomic E-state index is 0.0304. The van der Waals surface area contributed by atoms with E-state index in [1.807, 2.05) is 0 Å². The first kappa shape index (κ1) is 20.7. The van der Waals surface area contributed by atoms with Gasteiger partial charge in [0.15, 0.2) is 20.6 Å². The Morgan fingerprint density at radius 2 is 2.00 bits per heavy atom. The van der Waals surface area contributed by atoms with Gasteiger partial charge >= 0.3 is 6.18 Å². The molecule has 1 aliphatic carbocycles. The number of hydrogen-bond acceptors (Lipinski definition) is 6. The van der Waals surface area contributed by atoms with Crippen molar-refractivity contribution >= 4 is 44.8 Å². The summed E-state index contributed by atoms with van der Waals surface area (Å²) in [7, 11) is -3.14. The van der Waals surface area contributed by atoms with Crippen molar-refractivity contribution in [2.45, 2.75) is 42.7 Å². The summed E-state index contributed by atoms with van der Waals surface area (Å²) in [5, 5.41) is 7.56. The van der Waals surface area contributed by atoms with Crippen molar-refractivity contribution in [2.24, 2.45) is 0 Å². The third-order valence-electron chi connectivity index (χ3n) is 4.91. The normalized spacial score (nSPS) is 21.6. The molecule has 1 saturated heterocycles. The molecule has 1 atom stereocenters. The Morgan fingerprint density at radius 1 is 1.28 bits per heavy atom. The van der Waals surface area contributed by atoms with E-state index in [1.165, 1.54) is 0 Å². The van der Waals surface area contributed by atoms with Crippen molar-refractivity contribution in [1.29, 1.82) is 0 Å². The van der Waals surface area contributed by atoms with E-state index in [2.05, 4.69) is 10.2 Å². The average Bonchev–Trinajstić information content (AvgIpc) is 3.25. The molecule has 4 rings (SSSR count). The van der Waals surface area contributed by atoms with Gasteiger partial charge in [-0.25, -0.2) is 8.42 Å². The number of amides is 1. The Bertz CT molecular complexity index is 1070. The maximum Gasteiger partial charge on any atom is 0.417 e. The summed E-state index contributed by atoms with van der Waals surface area (Å²) in [6.45, 7) is 0. The van der Waals surface area contributed by atoms with E-state index < -0.39 is 21.6 Å². The van der Waals surface area contributed by atoms with Gasteiger partial charge in [0, 0.05) is 18.3 Å². The number of halogens is 4. The molecule has 2 aromatic rings. The lowest BCUT2D eigenvalue weighted by Crippen LogP contribution is -2.43. The number of sulfone groups is 1. The highest BCUT2D eigenvalue weighted by Gasteiger charge is 2.42. The summed E-state index contributed by atoms with van der Waals surface area (Å²) in [5.41, 5.74) is -0.880. The van der Waals surface area contributed by atoms with E-state index >= 15 is 0 Å². The molecule has 0 spiro atoms. The number of thioether (sulfide) groups is 1. The van der Waals surface area contributed by atoms with E-state index in [1.54, 1.807) is 4.90 Å². The zero-order valence-electron chi connectivity index (χ0n) is 14.9. The fourth-order valence-corrected chi connectivity index (χ4v) is 6.18. The van der Waals surface area contributed by atoms with Crippen LogP contribution in [0.25, 0.3) is 5.65 Å². The van der Waals surface area contributed by atoms with Crippen LogP contribution >= 0.6 is 23.4 Å². The van der Waals surface area contributed by atoms with Crippen molar-refractivity contribution in [1.82, 2.24) is 19.5 Å². The number of fused-ring (bicyclic) bond motifs is 1. The Kier molecular flexibility index (Phi) is 5.23. The zero-order valence-corrected chi connectivity index (χ0v) is 17.3. The van der Waals surface area contributed by atoms with Crippen LogP contribution in [0.5, 0.6) is 0 Å². The van der Waals surface area contributed by atoms with Crippen LogP contribution < -0.4 is 0 Å². The summed E-state index contributed by atoms with van der Waals surface area (Å²) in [6.07, 6.45) is -1.68. The summed E-state index contributed by atoms with van der Waals surface area (Å²) in [5.74, 6) is -0.316. The number of carbonyl (C=O) groups excluding carboxylic acids is 1. The van der Waals surface area contributed by atoms with Crippen LogP contribution in [0, 0.1) is 0 Å². The maximum absolute atomic E-state index is 13.1. The molecular weight excluding hydrogens is 453 g/mol. The molecule has 0 bridgehead atoms. The van der Waals surface area contributed by atoms with E-state index in [9.17, 15) is 26.4 Å². The Hall–Kier alpha value is -1.53. The molecule has 0 unspecified atom stereocenters. The number of aromatic nitrogens is 3. The van der Waals surface area contributed by atoms with Gasteiger partial charge in [-0.05, 0) is 25.3 Å². The van der Waals surface area contributed by atoms with E-state index in [4.69, 9.17) is 11.6 Å². The molecule has 158 valence electrons. The smallest absolute Gasteiger partial charge is 0.335 e. The quantitative estimate of drug-likeness (QED) is 0.627. The second-order valence-corrected chi connectivity index (χ2v) is 10.7. The van der Waals surface area contributed by atoms with Crippen LogP contribution in [0.1, 0.15) is 24.8 Å². The second-order valence-electron chi connectivity index (χ2n) is 7.13. The van der Waals surface area contributed by atoms with Crippen molar-refractivity contribution in [3.05, 3.63) is 22.8 Å². The van der Waals surface area contributed by atoms with Gasteiger partial charge in [-0.15, -0.1) is 10.2 Å². The highest BCUT2D eigenvalue weighted by Crippen LogP contribution is 2.35. The van der Waals surface area contributed by atoms with Gasteiger partial charge in [0.05, 0.1) is 27.8 Å². The molecule has 29 heavy (non-hydrogen) atoms. The first-order valence-corrected chi connectivity index (χ1v) is 12.0. The van der Waals surface area contributed by atoms with Crippen LogP contribution in [0.3, 0.4) is 0 Å². The predicted octanol–water partition coefficient (Wildman–Crippen LogP) is 2.67. The van der Waals surface area contributed by atoms with E-state index in [0.717, 1.165) is 41.3 Å². The molecule has 2 aromatic heterocycles. The second kappa shape index (κ2) is 7.31. The van der Waals surface area contributed by atoms with Crippen LogP contribution in [-0.4, -0.2) is 63.2 Å². The molecular formula is C16H16ClF3N4O3S2. The molecule has 0 radical (unpaired) electrons. The molecule has 13 heteroatoms. The first-order valence-electron chi connectivity index (χ1n) is 8.81. The minimum Gasteiger partial charge on any atom is -0.335 e. The van der Waals surface area contributed by atoms with Crippen molar-refractivity contribution in [3.8, 4) is 0 Å². The van der Waals surface area contributed by atoms with Gasteiger partial charge in [0.25, 0.3) is 0 Å². The highest BCUT2D eigenvalue weighted by atomic mass is 35.5. The molecule has 1 amide bonds. The van der Waals surface area contributed by atoms with Gasteiger partial charge in [-0.2, -0.15) is 13.2 Å². The first-order chi connectivity index (χ1) is 13.5. The standard InChI is InChI=1S/C16H16ClF3N4O3S2/c17-12-5-9(16(18,19)20)6-23-14(12)21-22-15(23)28-7-13(25)24(10-1-2-10)11-3-4-29(26,27)8-11/h5-6,10-11H,1-4,7-8H2/t11-/m1/s1. The van der Waals surface area contributed by atoms with E-state index in [0.29, 0.717) is 6.42 Å². The third kappa shape index (κ3) is 4.33. The highest BCUT2D eigenvalue weighted by molar-refractivity contribution is 7.99. The van der Waals surface area contributed by atoms with Gasteiger partial charge in [-0.1, -0.05) is 23.4 Å². The lowest BCUT2D eigenvalue weighted by atomic mass is 10.2. The lowest BCUT2D eigenvalue weighted by molar-refractivity contribution is -0.138. The zero-order chi connectivity index (χ0) is 21.0. The Morgan fingerprint density at radius 3 is 2.59 bits per heavy atom. The molecule has 0 aromatic carbocycles. The van der Waals surface area contributed by atoms with Gasteiger partial charge in [-0.3, -0.25) is 9.20 Å². The SMILES string of the molecule is O=C(CSc1nnc2c(Cl)cc(C(F)(F)F)cn12)N(C1CC1)[C@@H]1CCS(=O)(=O)C1. The lowest BCUT2D eigenvalue weighted by Gasteiger charge is -2.28. The number of pyridine rings is 1. The van der Waals surface area contributed by atoms with Crippen LogP contribution in [0.4, 0.5) is 13.2 Å². The summed E-state index contributed by atoms with van der Waals surface area (Å²) in [4.78, 5) is 14.4. The van der Waals surface area contributed by atoms with Gasteiger partial charge < -0.3 is 4.90 Å². The number of rotatable bonds is 5. The molecule has 0 N–H and O–H groups in total. The number of alkyl halides is 3. The topological polar surface area (TPSA) is 84.6 Å². The summed E-state index contributed by atoms with van der Waals surface area (Å²) >= 11 is 6.84. The number of hydrogen-bond donors (Lipinski definition) is 0. The molecule has 1 saturated carbocycles. The van der Waals surface area contributed by atoms with Gasteiger partial charge in [0.1, 0.15) is 0 Å². The predicted molar refractivity (Wildman–Crippen MR) is 101 cm³/mol. The largest absolute Gasteiger partial charge is 0.417 e. The monoisotopic (exact) mass is 468 g/mol. The molecule has 1 aliphatic heterocycles. The minimum atomic E-state index is -4.59. The fourth-order valence-electron chi connectivity index (χ4n) is 3.44. The third-order valence-corrected chi connectivity index (χ3v) is 7.87. The molecule has 3 heterocycles. The van der Waals surface area contributed by atoms with Crippen molar-refractivity contribution in [3.63, 3.8) is 0 Å². The molecule has 2 aliphatic rings. The number of carbonyl (C=O) groups is 1. The van der Waals surface area contributed by atoms with E-state index in [-0.39, 0.29) is 51.1 Å². The average molecular weight is 469 g/mol. The van der Waals surface area contributed by atoms with Crippen LogP contribution in [0.15, 0.2) is 17.4 Å². The fraction of sp³-hybridized carbons (Fsp3) is 0.562. The Balaban J connectivity index is 1.53. The van der Waals surface area contributed by atoms with Crippen molar-refractivity contribution < 1.29 is 26.4 Å². The Labute approximate surface area is 173 Å².